The predicted octanol–water partition coefficient (Wildman–Crippen LogP) is 2.91. The van der Waals surface area contributed by atoms with E-state index in [1.54, 1.807) is 11.8 Å². The molecular weight excluding hydrogens is 210 g/mol. The first kappa shape index (κ1) is 10.3. The number of furan rings is 1. The highest BCUT2D eigenvalue weighted by Gasteiger charge is 2.02. The van der Waals surface area contributed by atoms with Crippen LogP contribution in [0.25, 0.3) is 0 Å². The predicted molar refractivity (Wildman–Crippen MR) is 57.9 cm³/mol. The number of hydroxylamine groups is 1. The van der Waals surface area contributed by atoms with E-state index >= 15 is 0 Å². The second-order valence-corrected chi connectivity index (χ2v) is 4.05. The van der Waals surface area contributed by atoms with Crippen molar-refractivity contribution in [3.8, 4) is 0 Å². The summed E-state index contributed by atoms with van der Waals surface area (Å²) in [6, 6.07) is 13.7. The van der Waals surface area contributed by atoms with E-state index in [-0.39, 0.29) is 0 Å². The first-order valence-corrected chi connectivity index (χ1v) is 5.39. The van der Waals surface area contributed by atoms with Crippen LogP contribution in [-0.2, 0) is 6.54 Å². The van der Waals surface area contributed by atoms with Gasteiger partial charge in [-0.1, -0.05) is 30.0 Å². The fourth-order valence-electron chi connectivity index (χ4n) is 1.19. The highest BCUT2D eigenvalue weighted by atomic mass is 32.2. The second-order valence-electron chi connectivity index (χ2n) is 2.97. The van der Waals surface area contributed by atoms with Crippen molar-refractivity contribution in [2.24, 2.45) is 0 Å². The molecule has 0 aliphatic rings. The molecule has 4 heteroatoms. The van der Waals surface area contributed by atoms with Crippen molar-refractivity contribution < 1.29 is 9.62 Å². The van der Waals surface area contributed by atoms with Crippen LogP contribution < -0.4 is 5.48 Å². The summed E-state index contributed by atoms with van der Waals surface area (Å²) in [6.07, 6.45) is 0. The molecule has 0 unspecified atom stereocenters. The number of rotatable bonds is 4. The van der Waals surface area contributed by atoms with Crippen molar-refractivity contribution in [2.45, 2.75) is 16.5 Å². The van der Waals surface area contributed by atoms with Crippen LogP contribution in [0.1, 0.15) is 5.76 Å². The highest BCUT2D eigenvalue weighted by molar-refractivity contribution is 7.99. The smallest absolute Gasteiger partial charge is 0.165 e. The molecule has 0 aliphatic carbocycles. The largest absolute Gasteiger partial charge is 0.453 e. The van der Waals surface area contributed by atoms with E-state index in [0.717, 1.165) is 15.7 Å². The maximum Gasteiger partial charge on any atom is 0.165 e. The molecule has 1 aromatic heterocycles. The molecule has 0 amide bonds. The van der Waals surface area contributed by atoms with Crippen LogP contribution in [-0.4, -0.2) is 5.21 Å². The van der Waals surface area contributed by atoms with Gasteiger partial charge in [0, 0.05) is 4.90 Å². The normalized spacial score (nSPS) is 10.5. The maximum absolute atomic E-state index is 8.50. The standard InChI is InChI=1S/C11H11NO2S/c13-12-8-9-6-7-11(14-9)15-10-4-2-1-3-5-10/h1-7,12-13H,8H2. The number of hydrogen-bond donors (Lipinski definition) is 2. The van der Waals surface area contributed by atoms with Gasteiger partial charge in [-0.25, -0.2) is 0 Å². The third-order valence-corrected chi connectivity index (χ3v) is 2.78. The van der Waals surface area contributed by atoms with Gasteiger partial charge in [0.2, 0.25) is 0 Å². The second kappa shape index (κ2) is 5.02. The molecule has 2 rings (SSSR count). The Balaban J connectivity index is 2.05. The zero-order valence-corrected chi connectivity index (χ0v) is 8.83. The number of benzene rings is 1. The van der Waals surface area contributed by atoms with Crippen LogP contribution in [0.2, 0.25) is 0 Å². The Hall–Kier alpha value is -1.23. The van der Waals surface area contributed by atoms with Crippen LogP contribution in [0.15, 0.2) is 56.9 Å². The average Bonchev–Trinajstić information content (AvgIpc) is 2.68. The molecule has 1 aromatic carbocycles. The van der Waals surface area contributed by atoms with E-state index in [1.165, 1.54) is 0 Å². The topological polar surface area (TPSA) is 45.4 Å². The molecule has 0 atom stereocenters. The van der Waals surface area contributed by atoms with Gasteiger partial charge >= 0.3 is 0 Å². The third kappa shape index (κ3) is 2.86. The van der Waals surface area contributed by atoms with Crippen LogP contribution >= 0.6 is 11.8 Å². The van der Waals surface area contributed by atoms with Crippen molar-refractivity contribution in [3.05, 3.63) is 48.2 Å². The van der Waals surface area contributed by atoms with Gasteiger partial charge in [0.25, 0.3) is 0 Å². The van der Waals surface area contributed by atoms with Gasteiger partial charge in [0.1, 0.15) is 5.76 Å². The molecule has 3 nitrogen and oxygen atoms in total. The lowest BCUT2D eigenvalue weighted by Gasteiger charge is -1.96. The van der Waals surface area contributed by atoms with E-state index in [2.05, 4.69) is 5.48 Å². The Labute approximate surface area is 92.1 Å². The zero-order chi connectivity index (χ0) is 10.5. The molecule has 0 radical (unpaired) electrons. The minimum atomic E-state index is 0.329. The third-order valence-electron chi connectivity index (χ3n) is 1.85. The molecule has 78 valence electrons. The van der Waals surface area contributed by atoms with E-state index in [9.17, 15) is 0 Å². The lowest BCUT2D eigenvalue weighted by Crippen LogP contribution is -2.04. The van der Waals surface area contributed by atoms with Gasteiger partial charge in [0.15, 0.2) is 5.09 Å². The Bertz CT molecular complexity index is 414. The molecule has 2 aromatic rings. The van der Waals surface area contributed by atoms with Gasteiger partial charge in [0.05, 0.1) is 6.54 Å². The molecule has 0 saturated heterocycles. The van der Waals surface area contributed by atoms with E-state index in [1.807, 2.05) is 42.5 Å². The van der Waals surface area contributed by atoms with Gasteiger partial charge in [-0.15, -0.1) is 0 Å². The SMILES string of the molecule is ONCc1ccc(Sc2ccccc2)o1. The summed E-state index contributed by atoms with van der Waals surface area (Å²) < 4.78 is 5.47. The summed E-state index contributed by atoms with van der Waals surface area (Å²) in [5.74, 6) is 0.718. The van der Waals surface area contributed by atoms with E-state index in [4.69, 9.17) is 9.62 Å². The first-order chi connectivity index (χ1) is 7.38. The fourth-order valence-corrected chi connectivity index (χ4v) is 2.00. The summed E-state index contributed by atoms with van der Waals surface area (Å²) in [5.41, 5.74) is 2.06. The van der Waals surface area contributed by atoms with E-state index in [0.29, 0.717) is 6.54 Å². The van der Waals surface area contributed by atoms with Crippen LogP contribution in [0.5, 0.6) is 0 Å². The van der Waals surface area contributed by atoms with E-state index < -0.39 is 0 Å². The molecule has 0 aliphatic heterocycles. The Kier molecular flexibility index (Phi) is 3.45. The van der Waals surface area contributed by atoms with Gasteiger partial charge in [-0.3, -0.25) is 0 Å². The fraction of sp³-hybridized carbons (Fsp3) is 0.0909. The molecular formula is C11H11NO2S. The maximum atomic E-state index is 8.50. The molecule has 0 saturated carbocycles. The van der Waals surface area contributed by atoms with Gasteiger partial charge in [-0.2, -0.15) is 5.48 Å². The molecule has 2 N–H and O–H groups in total. The summed E-state index contributed by atoms with van der Waals surface area (Å²) in [4.78, 5) is 1.13. The minimum absolute atomic E-state index is 0.329. The molecule has 1 heterocycles. The summed E-state index contributed by atoms with van der Waals surface area (Å²) in [6.45, 7) is 0.329. The van der Waals surface area contributed by atoms with Crippen molar-refractivity contribution in [2.75, 3.05) is 0 Å². The highest BCUT2D eigenvalue weighted by Crippen LogP contribution is 2.28. The van der Waals surface area contributed by atoms with Gasteiger partial charge < -0.3 is 9.62 Å². The Morgan fingerprint density at radius 2 is 1.93 bits per heavy atom. The summed E-state index contributed by atoms with van der Waals surface area (Å²) in [5, 5.41) is 9.33. The molecule has 0 spiro atoms. The zero-order valence-electron chi connectivity index (χ0n) is 8.01. The Morgan fingerprint density at radius 3 is 2.67 bits per heavy atom. The van der Waals surface area contributed by atoms with Crippen molar-refractivity contribution >= 4 is 11.8 Å². The Morgan fingerprint density at radius 1 is 1.13 bits per heavy atom. The average molecular weight is 221 g/mol. The van der Waals surface area contributed by atoms with Crippen molar-refractivity contribution in [1.29, 1.82) is 0 Å². The van der Waals surface area contributed by atoms with Crippen LogP contribution in [0.3, 0.4) is 0 Å². The lowest BCUT2D eigenvalue weighted by molar-refractivity contribution is 0.151. The molecule has 0 fully saturated rings. The van der Waals surface area contributed by atoms with Gasteiger partial charge in [-0.05, 0) is 24.3 Å². The van der Waals surface area contributed by atoms with Crippen molar-refractivity contribution in [1.82, 2.24) is 5.48 Å². The first-order valence-electron chi connectivity index (χ1n) is 4.57. The quantitative estimate of drug-likeness (QED) is 0.779. The van der Waals surface area contributed by atoms with Crippen molar-refractivity contribution in [3.63, 3.8) is 0 Å². The summed E-state index contributed by atoms with van der Waals surface area (Å²) in [7, 11) is 0. The van der Waals surface area contributed by atoms with Crippen LogP contribution in [0, 0.1) is 0 Å². The van der Waals surface area contributed by atoms with Crippen LogP contribution in [0.4, 0.5) is 0 Å². The monoisotopic (exact) mass is 221 g/mol. The minimum Gasteiger partial charge on any atom is -0.453 e. The molecule has 15 heavy (non-hydrogen) atoms. The summed E-state index contributed by atoms with van der Waals surface area (Å²) >= 11 is 1.56. The number of nitrogens with one attached hydrogen (secondary N) is 1. The molecule has 0 bridgehead atoms. The number of hydrogen-bond acceptors (Lipinski definition) is 4. The lowest BCUT2D eigenvalue weighted by atomic mass is 10.4.